The van der Waals surface area contributed by atoms with Gasteiger partial charge < -0.3 is 5.11 Å². The molecule has 1 fully saturated rings. The monoisotopic (exact) mass is 279 g/mol. The van der Waals surface area contributed by atoms with Gasteiger partial charge in [-0.3, -0.25) is 9.58 Å². The lowest BCUT2D eigenvalue weighted by Crippen LogP contribution is -2.35. The first-order valence-corrected chi connectivity index (χ1v) is 7.89. The third-order valence-corrected chi connectivity index (χ3v) is 4.80. The Bertz CT molecular complexity index is 431. The van der Waals surface area contributed by atoms with Crippen molar-refractivity contribution in [3.63, 3.8) is 0 Å². The number of hydrogen-bond donors (Lipinski definition) is 1. The first kappa shape index (κ1) is 15.5. The van der Waals surface area contributed by atoms with Gasteiger partial charge in [-0.25, -0.2) is 0 Å². The van der Waals surface area contributed by atoms with Crippen LogP contribution in [0.2, 0.25) is 0 Å². The number of aromatic nitrogens is 2. The average molecular weight is 279 g/mol. The fourth-order valence-corrected chi connectivity index (χ4v) is 3.28. The number of aryl methyl sites for hydroxylation is 1. The number of rotatable bonds is 5. The van der Waals surface area contributed by atoms with E-state index in [-0.39, 0.29) is 6.61 Å². The van der Waals surface area contributed by atoms with Crippen LogP contribution in [0.4, 0.5) is 0 Å². The molecule has 0 aromatic carbocycles. The average Bonchev–Trinajstić information content (AvgIpc) is 2.68. The lowest BCUT2D eigenvalue weighted by Gasteiger charge is -2.33. The molecule has 0 saturated carbocycles. The van der Waals surface area contributed by atoms with E-state index >= 15 is 0 Å². The molecule has 2 rings (SSSR count). The summed E-state index contributed by atoms with van der Waals surface area (Å²) >= 11 is 0. The molecule has 1 aliphatic rings. The van der Waals surface area contributed by atoms with Crippen LogP contribution >= 0.6 is 0 Å². The van der Waals surface area contributed by atoms with Crippen molar-refractivity contribution >= 4 is 0 Å². The highest BCUT2D eigenvalue weighted by Crippen LogP contribution is 2.26. The van der Waals surface area contributed by atoms with Crippen LogP contribution in [-0.2, 0) is 13.1 Å². The minimum atomic E-state index is 0.154. The highest BCUT2D eigenvalue weighted by Gasteiger charge is 2.23. The summed E-state index contributed by atoms with van der Waals surface area (Å²) in [5.41, 5.74) is 3.67. The second-order valence-electron chi connectivity index (χ2n) is 6.45. The number of piperidine rings is 1. The topological polar surface area (TPSA) is 41.3 Å². The molecule has 0 atom stereocenters. The molecule has 1 aromatic rings. The van der Waals surface area contributed by atoms with Gasteiger partial charge in [0.25, 0.3) is 0 Å². The third kappa shape index (κ3) is 3.41. The van der Waals surface area contributed by atoms with Gasteiger partial charge in [0.05, 0.1) is 18.8 Å². The van der Waals surface area contributed by atoms with Gasteiger partial charge in [-0.15, -0.1) is 0 Å². The Balaban J connectivity index is 1.97. The van der Waals surface area contributed by atoms with Crippen molar-refractivity contribution in [2.24, 2.45) is 11.8 Å². The van der Waals surface area contributed by atoms with E-state index < -0.39 is 0 Å². The molecule has 0 aliphatic carbocycles. The highest BCUT2D eigenvalue weighted by molar-refractivity contribution is 5.24. The van der Waals surface area contributed by atoms with Gasteiger partial charge in [0, 0.05) is 17.8 Å². The molecule has 0 radical (unpaired) electrons. The number of nitrogens with zero attached hydrogens (tertiary/aromatic N) is 3. The number of likely N-dealkylation sites (tertiary alicyclic amines) is 1. The van der Waals surface area contributed by atoms with Gasteiger partial charge in [-0.1, -0.05) is 13.8 Å². The van der Waals surface area contributed by atoms with Crippen LogP contribution < -0.4 is 0 Å². The van der Waals surface area contributed by atoms with Crippen molar-refractivity contribution in [2.45, 2.75) is 53.6 Å². The molecule has 0 spiro atoms. The summed E-state index contributed by atoms with van der Waals surface area (Å²) < 4.78 is 1.94. The SMILES string of the molecule is Cc1nn(CCO)c(C)c1CN1CCC(C(C)C)CC1. The molecular formula is C16H29N3O. The smallest absolute Gasteiger partial charge is 0.0644 e. The van der Waals surface area contributed by atoms with Gasteiger partial charge in [-0.05, 0) is 51.6 Å². The van der Waals surface area contributed by atoms with E-state index in [1.54, 1.807) is 0 Å². The molecule has 1 aromatic heterocycles. The molecule has 0 unspecified atom stereocenters. The predicted octanol–water partition coefficient (Wildman–Crippen LogP) is 2.36. The van der Waals surface area contributed by atoms with Crippen molar-refractivity contribution in [3.8, 4) is 0 Å². The molecule has 1 aliphatic heterocycles. The second-order valence-corrected chi connectivity index (χ2v) is 6.45. The van der Waals surface area contributed by atoms with Gasteiger partial charge in [0.2, 0.25) is 0 Å². The maximum atomic E-state index is 9.08. The zero-order valence-electron chi connectivity index (χ0n) is 13.4. The van der Waals surface area contributed by atoms with Crippen molar-refractivity contribution in [1.29, 1.82) is 0 Å². The summed E-state index contributed by atoms with van der Waals surface area (Å²) in [4.78, 5) is 2.55. The van der Waals surface area contributed by atoms with Gasteiger partial charge >= 0.3 is 0 Å². The summed E-state index contributed by atoms with van der Waals surface area (Å²) in [5.74, 6) is 1.71. The van der Waals surface area contributed by atoms with Crippen LogP contribution in [0.25, 0.3) is 0 Å². The molecule has 0 bridgehead atoms. The Morgan fingerprint density at radius 2 is 1.90 bits per heavy atom. The second kappa shape index (κ2) is 6.72. The van der Waals surface area contributed by atoms with E-state index in [9.17, 15) is 0 Å². The van der Waals surface area contributed by atoms with E-state index in [2.05, 4.69) is 37.7 Å². The first-order valence-electron chi connectivity index (χ1n) is 7.89. The summed E-state index contributed by atoms with van der Waals surface area (Å²) in [6.45, 7) is 13.0. The predicted molar refractivity (Wildman–Crippen MR) is 81.6 cm³/mol. The minimum absolute atomic E-state index is 0.154. The molecule has 1 N–H and O–H groups in total. The fourth-order valence-electron chi connectivity index (χ4n) is 3.28. The van der Waals surface area contributed by atoms with Crippen molar-refractivity contribution < 1.29 is 5.11 Å². The van der Waals surface area contributed by atoms with Crippen LogP contribution in [0.3, 0.4) is 0 Å². The van der Waals surface area contributed by atoms with Crippen LogP contribution in [0, 0.1) is 25.7 Å². The fraction of sp³-hybridized carbons (Fsp3) is 0.812. The van der Waals surface area contributed by atoms with E-state index in [1.807, 2.05) is 4.68 Å². The maximum Gasteiger partial charge on any atom is 0.0644 e. The highest BCUT2D eigenvalue weighted by atomic mass is 16.3. The van der Waals surface area contributed by atoms with E-state index in [4.69, 9.17) is 5.11 Å². The zero-order chi connectivity index (χ0) is 14.7. The Labute approximate surface area is 122 Å². The molecule has 0 amide bonds. The number of hydrogen-bond acceptors (Lipinski definition) is 3. The van der Waals surface area contributed by atoms with Crippen LogP contribution in [0.1, 0.15) is 43.6 Å². The quantitative estimate of drug-likeness (QED) is 0.899. The van der Waals surface area contributed by atoms with Gasteiger partial charge in [0.1, 0.15) is 0 Å². The number of aliphatic hydroxyl groups is 1. The Morgan fingerprint density at radius 1 is 1.25 bits per heavy atom. The lowest BCUT2D eigenvalue weighted by molar-refractivity contribution is 0.151. The molecule has 2 heterocycles. The van der Waals surface area contributed by atoms with Crippen LogP contribution in [0.5, 0.6) is 0 Å². The first-order chi connectivity index (χ1) is 9.52. The molecule has 4 nitrogen and oxygen atoms in total. The standard InChI is InChI=1S/C16H29N3O/c1-12(2)15-5-7-18(8-6-15)11-16-13(3)17-19(9-10-20)14(16)4/h12,15,20H,5-11H2,1-4H3. The summed E-state index contributed by atoms with van der Waals surface area (Å²) in [5, 5.41) is 13.6. The maximum absolute atomic E-state index is 9.08. The van der Waals surface area contributed by atoms with E-state index in [1.165, 1.54) is 37.2 Å². The normalized spacial score (nSPS) is 18.1. The van der Waals surface area contributed by atoms with E-state index in [0.717, 1.165) is 24.1 Å². The van der Waals surface area contributed by atoms with Crippen molar-refractivity contribution in [1.82, 2.24) is 14.7 Å². The lowest BCUT2D eigenvalue weighted by atomic mass is 9.86. The molecule has 1 saturated heterocycles. The zero-order valence-corrected chi connectivity index (χ0v) is 13.4. The largest absolute Gasteiger partial charge is 0.394 e. The molecule has 20 heavy (non-hydrogen) atoms. The number of aliphatic hydroxyl groups excluding tert-OH is 1. The molecular weight excluding hydrogens is 250 g/mol. The molecule has 114 valence electrons. The minimum Gasteiger partial charge on any atom is -0.394 e. The van der Waals surface area contributed by atoms with E-state index in [0.29, 0.717) is 6.54 Å². The third-order valence-electron chi connectivity index (χ3n) is 4.80. The Hall–Kier alpha value is -0.870. The van der Waals surface area contributed by atoms with Crippen LogP contribution in [-0.4, -0.2) is 39.5 Å². The van der Waals surface area contributed by atoms with Gasteiger partial charge in [-0.2, -0.15) is 5.10 Å². The summed E-state index contributed by atoms with van der Waals surface area (Å²) in [7, 11) is 0. The summed E-state index contributed by atoms with van der Waals surface area (Å²) in [6, 6.07) is 0. The summed E-state index contributed by atoms with van der Waals surface area (Å²) in [6.07, 6.45) is 2.64. The Kier molecular flexibility index (Phi) is 5.22. The van der Waals surface area contributed by atoms with Crippen LogP contribution in [0.15, 0.2) is 0 Å². The van der Waals surface area contributed by atoms with Crippen molar-refractivity contribution in [2.75, 3.05) is 19.7 Å². The van der Waals surface area contributed by atoms with Gasteiger partial charge in [0.15, 0.2) is 0 Å². The molecule has 4 heteroatoms. The Morgan fingerprint density at radius 3 is 2.45 bits per heavy atom. The van der Waals surface area contributed by atoms with Crippen molar-refractivity contribution in [3.05, 3.63) is 17.0 Å².